The van der Waals surface area contributed by atoms with Crippen molar-refractivity contribution >= 4 is 21.8 Å². The monoisotopic (exact) mass is 273 g/mol. The highest BCUT2D eigenvalue weighted by Crippen LogP contribution is 2.34. The highest BCUT2D eigenvalue weighted by molar-refractivity contribution is 9.09. The van der Waals surface area contributed by atoms with Crippen LogP contribution < -0.4 is 0 Å². The number of carbonyl (C=O) groups is 1. The summed E-state index contributed by atoms with van der Waals surface area (Å²) in [4.78, 5) is 14.5. The zero-order valence-corrected chi connectivity index (χ0v) is 11.0. The van der Waals surface area contributed by atoms with Gasteiger partial charge in [-0.2, -0.15) is 0 Å². The van der Waals surface area contributed by atoms with E-state index in [1.165, 1.54) is 38.5 Å². The minimum absolute atomic E-state index is 0.355. The molecule has 2 unspecified atom stereocenters. The molecule has 0 radical (unpaired) electrons. The molecule has 2 rings (SSSR count). The second-order valence-electron chi connectivity index (χ2n) is 5.02. The maximum absolute atomic E-state index is 11.9. The highest BCUT2D eigenvalue weighted by Gasteiger charge is 2.32. The first-order chi connectivity index (χ1) is 7.18. The minimum Gasteiger partial charge on any atom is -0.342 e. The van der Waals surface area contributed by atoms with Gasteiger partial charge in [-0.25, -0.2) is 0 Å². The Kier molecular flexibility index (Phi) is 3.70. The molecule has 2 aliphatic rings. The maximum atomic E-state index is 11.9. The fraction of sp³-hybridized carbons (Fsp3) is 0.917. The van der Waals surface area contributed by atoms with Gasteiger partial charge in [-0.3, -0.25) is 4.79 Å². The van der Waals surface area contributed by atoms with Crippen LogP contribution in [0, 0.1) is 5.92 Å². The molecule has 0 aliphatic heterocycles. The SMILES string of the molecule is CN(C(=O)CC1CC1)C1CCCCC1Br. The second kappa shape index (κ2) is 4.86. The van der Waals surface area contributed by atoms with E-state index in [0.717, 1.165) is 6.42 Å². The quantitative estimate of drug-likeness (QED) is 0.724. The van der Waals surface area contributed by atoms with Gasteiger partial charge in [0, 0.05) is 24.3 Å². The Morgan fingerprint density at radius 2 is 1.93 bits per heavy atom. The first-order valence-electron chi connectivity index (χ1n) is 6.08. The smallest absolute Gasteiger partial charge is 0.222 e. The van der Waals surface area contributed by atoms with E-state index < -0.39 is 0 Å². The van der Waals surface area contributed by atoms with Crippen LogP contribution in [0.25, 0.3) is 0 Å². The van der Waals surface area contributed by atoms with Gasteiger partial charge in [-0.15, -0.1) is 0 Å². The summed E-state index contributed by atoms with van der Waals surface area (Å²) in [5, 5.41) is 0. The Bertz CT molecular complexity index is 240. The van der Waals surface area contributed by atoms with Gasteiger partial charge in [-0.05, 0) is 31.6 Å². The molecule has 3 heteroatoms. The van der Waals surface area contributed by atoms with Crippen molar-refractivity contribution in [2.45, 2.75) is 55.8 Å². The maximum Gasteiger partial charge on any atom is 0.222 e. The van der Waals surface area contributed by atoms with E-state index in [1.807, 2.05) is 11.9 Å². The molecule has 2 nitrogen and oxygen atoms in total. The summed E-state index contributed by atoms with van der Waals surface area (Å²) in [6, 6.07) is 0.435. The Balaban J connectivity index is 1.86. The van der Waals surface area contributed by atoms with Crippen molar-refractivity contribution in [2.75, 3.05) is 7.05 Å². The summed E-state index contributed by atoms with van der Waals surface area (Å²) >= 11 is 3.71. The lowest BCUT2D eigenvalue weighted by Gasteiger charge is -2.35. The standard InChI is InChI=1S/C12H20BrNO/c1-14(12(15)8-9-6-7-9)11-5-3-2-4-10(11)13/h9-11H,2-8H2,1H3. The fourth-order valence-electron chi connectivity index (χ4n) is 2.40. The van der Waals surface area contributed by atoms with Crippen LogP contribution in [0.1, 0.15) is 44.9 Å². The van der Waals surface area contributed by atoms with Crippen molar-refractivity contribution < 1.29 is 4.79 Å². The number of nitrogens with zero attached hydrogens (tertiary/aromatic N) is 1. The third-order valence-electron chi connectivity index (χ3n) is 3.70. The van der Waals surface area contributed by atoms with E-state index in [9.17, 15) is 4.79 Å². The van der Waals surface area contributed by atoms with Crippen LogP contribution in [0.5, 0.6) is 0 Å². The van der Waals surface area contributed by atoms with Crippen molar-refractivity contribution in [1.82, 2.24) is 4.90 Å². The molecule has 15 heavy (non-hydrogen) atoms. The molecule has 0 saturated heterocycles. The zero-order chi connectivity index (χ0) is 10.8. The van der Waals surface area contributed by atoms with Crippen LogP contribution in [0.15, 0.2) is 0 Å². The molecule has 0 aromatic rings. The van der Waals surface area contributed by atoms with Crippen LogP contribution in [-0.4, -0.2) is 28.7 Å². The van der Waals surface area contributed by atoms with Gasteiger partial charge < -0.3 is 4.90 Å². The number of hydrogen-bond donors (Lipinski definition) is 0. The molecular weight excluding hydrogens is 254 g/mol. The van der Waals surface area contributed by atoms with Crippen molar-refractivity contribution in [3.63, 3.8) is 0 Å². The minimum atomic E-state index is 0.355. The molecular formula is C12H20BrNO. The average molecular weight is 274 g/mol. The Morgan fingerprint density at radius 3 is 2.53 bits per heavy atom. The van der Waals surface area contributed by atoms with Gasteiger partial charge in [0.1, 0.15) is 0 Å². The first-order valence-corrected chi connectivity index (χ1v) is 7.00. The average Bonchev–Trinajstić information content (AvgIpc) is 3.01. The summed E-state index contributed by atoms with van der Waals surface area (Å²) in [6.45, 7) is 0. The molecule has 2 atom stereocenters. The van der Waals surface area contributed by atoms with E-state index in [2.05, 4.69) is 15.9 Å². The van der Waals surface area contributed by atoms with Crippen LogP contribution in [-0.2, 0) is 4.79 Å². The number of amides is 1. The Hall–Kier alpha value is -0.0500. The van der Waals surface area contributed by atoms with E-state index >= 15 is 0 Å². The highest BCUT2D eigenvalue weighted by atomic mass is 79.9. The molecule has 0 spiro atoms. The predicted molar refractivity (Wildman–Crippen MR) is 65.1 cm³/mol. The van der Waals surface area contributed by atoms with Gasteiger partial charge >= 0.3 is 0 Å². The number of carbonyl (C=O) groups excluding carboxylic acids is 1. The molecule has 0 N–H and O–H groups in total. The van der Waals surface area contributed by atoms with Gasteiger partial charge in [0.15, 0.2) is 0 Å². The summed E-state index contributed by atoms with van der Waals surface area (Å²) in [7, 11) is 1.98. The number of rotatable bonds is 3. The van der Waals surface area contributed by atoms with Gasteiger partial charge in [-0.1, -0.05) is 28.8 Å². The topological polar surface area (TPSA) is 20.3 Å². The summed E-state index contributed by atoms with van der Waals surface area (Å²) < 4.78 is 0. The number of hydrogen-bond acceptors (Lipinski definition) is 1. The second-order valence-corrected chi connectivity index (χ2v) is 6.20. The molecule has 0 bridgehead atoms. The van der Waals surface area contributed by atoms with Crippen molar-refractivity contribution in [1.29, 1.82) is 0 Å². The Labute approximate surface area is 101 Å². The lowest BCUT2D eigenvalue weighted by Crippen LogP contribution is -2.44. The summed E-state index contributed by atoms with van der Waals surface area (Å²) in [5.41, 5.74) is 0. The lowest BCUT2D eigenvalue weighted by molar-refractivity contribution is -0.132. The molecule has 0 aromatic heterocycles. The molecule has 0 heterocycles. The summed E-state index contributed by atoms with van der Waals surface area (Å²) in [5.74, 6) is 1.06. The van der Waals surface area contributed by atoms with Crippen LogP contribution in [0.4, 0.5) is 0 Å². The number of halogens is 1. The van der Waals surface area contributed by atoms with Crippen molar-refractivity contribution in [3.8, 4) is 0 Å². The Morgan fingerprint density at radius 1 is 1.27 bits per heavy atom. The van der Waals surface area contributed by atoms with E-state index in [1.54, 1.807) is 0 Å². The van der Waals surface area contributed by atoms with Gasteiger partial charge in [0.25, 0.3) is 0 Å². The largest absolute Gasteiger partial charge is 0.342 e. The fourth-order valence-corrected chi connectivity index (χ4v) is 3.34. The molecule has 86 valence electrons. The molecule has 0 aromatic carbocycles. The normalized spacial score (nSPS) is 31.3. The zero-order valence-electron chi connectivity index (χ0n) is 9.42. The van der Waals surface area contributed by atoms with E-state index in [-0.39, 0.29) is 0 Å². The molecule has 2 fully saturated rings. The predicted octanol–water partition coefficient (Wildman–Crippen LogP) is 2.95. The van der Waals surface area contributed by atoms with Gasteiger partial charge in [0.05, 0.1) is 0 Å². The lowest BCUT2D eigenvalue weighted by atomic mass is 9.94. The third kappa shape index (κ3) is 2.96. The van der Waals surface area contributed by atoms with E-state index in [4.69, 9.17) is 0 Å². The van der Waals surface area contributed by atoms with Crippen LogP contribution >= 0.6 is 15.9 Å². The van der Waals surface area contributed by atoms with Crippen molar-refractivity contribution in [2.24, 2.45) is 5.92 Å². The number of alkyl halides is 1. The first kappa shape index (κ1) is 11.4. The third-order valence-corrected chi connectivity index (χ3v) is 4.77. The van der Waals surface area contributed by atoms with Crippen LogP contribution in [0.2, 0.25) is 0 Å². The van der Waals surface area contributed by atoms with Crippen LogP contribution in [0.3, 0.4) is 0 Å². The van der Waals surface area contributed by atoms with Crippen molar-refractivity contribution in [3.05, 3.63) is 0 Å². The van der Waals surface area contributed by atoms with Gasteiger partial charge in [0.2, 0.25) is 5.91 Å². The van der Waals surface area contributed by atoms with E-state index in [0.29, 0.717) is 22.7 Å². The molecule has 1 amide bonds. The summed E-state index contributed by atoms with van der Waals surface area (Å²) in [6.07, 6.45) is 8.27. The molecule has 2 aliphatic carbocycles. The molecule has 2 saturated carbocycles.